The number of benzene rings is 2. The molecule has 0 spiro atoms. The lowest BCUT2D eigenvalue weighted by Gasteiger charge is -2.28. The van der Waals surface area contributed by atoms with Crippen LogP contribution in [0.15, 0.2) is 48.5 Å². The average Bonchev–Trinajstić information content (AvgIpc) is 2.75. The van der Waals surface area contributed by atoms with Crippen LogP contribution in [0.3, 0.4) is 0 Å². The maximum atomic E-state index is 13.5. The molecule has 1 aliphatic rings. The standard InChI is InChI=1S/C22H27FN4O2/c23-20-8-3-2-7-19(20)21(28)24-13-6-14-25-22(29)26-17-9-11-18(12-10-17)27-15-4-1-5-16-27/h2-3,7-12H,1,4-6,13-16H2,(H,24,28)(H2,25,26,29). The van der Waals surface area contributed by atoms with Crippen molar-refractivity contribution < 1.29 is 14.0 Å². The van der Waals surface area contributed by atoms with Crippen LogP contribution < -0.4 is 20.9 Å². The Hall–Kier alpha value is -3.09. The summed E-state index contributed by atoms with van der Waals surface area (Å²) in [4.78, 5) is 26.2. The highest BCUT2D eigenvalue weighted by Crippen LogP contribution is 2.21. The lowest BCUT2D eigenvalue weighted by molar-refractivity contribution is 0.0949. The van der Waals surface area contributed by atoms with E-state index in [0.29, 0.717) is 19.5 Å². The number of carbonyl (C=O) groups excluding carboxylic acids is 2. The molecule has 3 N–H and O–H groups in total. The van der Waals surface area contributed by atoms with Gasteiger partial charge in [0.25, 0.3) is 5.91 Å². The van der Waals surface area contributed by atoms with Crippen molar-refractivity contribution in [3.8, 4) is 0 Å². The quantitative estimate of drug-likeness (QED) is 0.622. The maximum absolute atomic E-state index is 13.5. The number of hydrogen-bond acceptors (Lipinski definition) is 3. The van der Waals surface area contributed by atoms with Crippen LogP contribution in [0.25, 0.3) is 0 Å². The van der Waals surface area contributed by atoms with Crippen molar-refractivity contribution in [1.29, 1.82) is 0 Å². The fourth-order valence-electron chi connectivity index (χ4n) is 3.32. The molecule has 1 aliphatic heterocycles. The number of urea groups is 1. The van der Waals surface area contributed by atoms with Gasteiger partial charge in [0.1, 0.15) is 5.82 Å². The second-order valence-electron chi connectivity index (χ2n) is 7.06. The van der Waals surface area contributed by atoms with Gasteiger partial charge in [0, 0.05) is 37.6 Å². The molecule has 0 bridgehead atoms. The zero-order valence-corrected chi connectivity index (χ0v) is 16.4. The second-order valence-corrected chi connectivity index (χ2v) is 7.06. The Kier molecular flexibility index (Phi) is 7.44. The Balaban J connectivity index is 1.33. The van der Waals surface area contributed by atoms with E-state index in [1.54, 1.807) is 6.07 Å². The van der Waals surface area contributed by atoms with Crippen LogP contribution in [0.4, 0.5) is 20.6 Å². The van der Waals surface area contributed by atoms with Crippen molar-refractivity contribution in [3.05, 3.63) is 59.9 Å². The third-order valence-corrected chi connectivity index (χ3v) is 4.89. The smallest absolute Gasteiger partial charge is 0.319 e. The number of hydrogen-bond donors (Lipinski definition) is 3. The normalized spacial score (nSPS) is 13.6. The number of nitrogens with one attached hydrogen (secondary N) is 3. The fourth-order valence-corrected chi connectivity index (χ4v) is 3.32. The van der Waals surface area contributed by atoms with Crippen LogP contribution >= 0.6 is 0 Å². The third-order valence-electron chi connectivity index (χ3n) is 4.89. The van der Waals surface area contributed by atoms with E-state index in [1.165, 1.54) is 43.1 Å². The van der Waals surface area contributed by atoms with E-state index in [-0.39, 0.29) is 11.6 Å². The van der Waals surface area contributed by atoms with Crippen molar-refractivity contribution in [2.45, 2.75) is 25.7 Å². The summed E-state index contributed by atoms with van der Waals surface area (Å²) in [5, 5.41) is 8.19. The van der Waals surface area contributed by atoms with Crippen LogP contribution in [0.1, 0.15) is 36.0 Å². The van der Waals surface area contributed by atoms with Gasteiger partial charge >= 0.3 is 6.03 Å². The van der Waals surface area contributed by atoms with Gasteiger partial charge in [0.2, 0.25) is 0 Å². The van der Waals surface area contributed by atoms with Gasteiger partial charge in [-0.2, -0.15) is 0 Å². The second kappa shape index (κ2) is 10.5. The molecule has 0 unspecified atom stereocenters. The van der Waals surface area contributed by atoms with E-state index in [1.807, 2.05) is 24.3 Å². The first-order valence-corrected chi connectivity index (χ1v) is 10.1. The topological polar surface area (TPSA) is 73.5 Å². The third kappa shape index (κ3) is 6.20. The van der Waals surface area contributed by atoms with E-state index < -0.39 is 11.7 Å². The minimum atomic E-state index is -0.547. The largest absolute Gasteiger partial charge is 0.372 e. The Morgan fingerprint density at radius 2 is 1.59 bits per heavy atom. The molecule has 6 nitrogen and oxygen atoms in total. The molecule has 1 fully saturated rings. The Morgan fingerprint density at radius 3 is 2.31 bits per heavy atom. The Labute approximate surface area is 170 Å². The molecule has 3 rings (SSSR count). The average molecular weight is 398 g/mol. The summed E-state index contributed by atoms with van der Waals surface area (Å²) in [6.07, 6.45) is 4.29. The minimum Gasteiger partial charge on any atom is -0.372 e. The first-order valence-electron chi connectivity index (χ1n) is 10.1. The first kappa shape index (κ1) is 20.6. The van der Waals surface area contributed by atoms with Crippen molar-refractivity contribution in [2.24, 2.45) is 0 Å². The predicted octanol–water partition coefficient (Wildman–Crippen LogP) is 3.76. The highest BCUT2D eigenvalue weighted by atomic mass is 19.1. The number of piperidine rings is 1. The van der Waals surface area contributed by atoms with Crippen LogP contribution in [0, 0.1) is 5.82 Å². The molecule has 0 aliphatic carbocycles. The number of nitrogens with zero attached hydrogens (tertiary/aromatic N) is 1. The lowest BCUT2D eigenvalue weighted by Crippen LogP contribution is -2.32. The van der Waals surface area contributed by atoms with Gasteiger partial charge in [0.05, 0.1) is 5.56 Å². The molecule has 7 heteroatoms. The Morgan fingerprint density at radius 1 is 0.897 bits per heavy atom. The van der Waals surface area contributed by atoms with Gasteiger partial charge in [-0.1, -0.05) is 12.1 Å². The summed E-state index contributed by atoms with van der Waals surface area (Å²) < 4.78 is 13.5. The number of rotatable bonds is 7. The van der Waals surface area contributed by atoms with Crippen LogP contribution in [-0.2, 0) is 0 Å². The van der Waals surface area contributed by atoms with Crippen molar-refractivity contribution in [2.75, 3.05) is 36.4 Å². The molecule has 3 amide bonds. The van der Waals surface area contributed by atoms with Crippen molar-refractivity contribution in [3.63, 3.8) is 0 Å². The van der Waals surface area contributed by atoms with Gasteiger partial charge in [-0.15, -0.1) is 0 Å². The van der Waals surface area contributed by atoms with E-state index >= 15 is 0 Å². The summed E-state index contributed by atoms with van der Waals surface area (Å²) >= 11 is 0. The molecule has 2 aromatic rings. The molecular weight excluding hydrogens is 371 g/mol. The highest BCUT2D eigenvalue weighted by molar-refractivity contribution is 5.94. The lowest BCUT2D eigenvalue weighted by atomic mass is 10.1. The number of halogens is 1. The summed E-state index contributed by atoms with van der Waals surface area (Å²) in [6.45, 7) is 2.91. The van der Waals surface area contributed by atoms with Crippen LogP contribution in [-0.4, -0.2) is 38.1 Å². The van der Waals surface area contributed by atoms with E-state index in [2.05, 4.69) is 20.9 Å². The zero-order valence-electron chi connectivity index (χ0n) is 16.4. The van der Waals surface area contributed by atoms with Crippen LogP contribution in [0.2, 0.25) is 0 Å². The van der Waals surface area contributed by atoms with E-state index in [4.69, 9.17) is 0 Å². The van der Waals surface area contributed by atoms with Crippen molar-refractivity contribution >= 4 is 23.3 Å². The van der Waals surface area contributed by atoms with Gasteiger partial charge in [0.15, 0.2) is 0 Å². The summed E-state index contributed by atoms with van der Waals surface area (Å²) in [7, 11) is 0. The van der Waals surface area contributed by atoms with Gasteiger partial charge in [-0.3, -0.25) is 4.79 Å². The first-order chi connectivity index (χ1) is 14.1. The molecule has 154 valence electrons. The molecule has 0 atom stereocenters. The number of amides is 3. The zero-order chi connectivity index (χ0) is 20.5. The van der Waals surface area contributed by atoms with Gasteiger partial charge in [-0.05, 0) is 62.1 Å². The van der Waals surface area contributed by atoms with Gasteiger partial charge in [-0.25, -0.2) is 9.18 Å². The molecule has 0 radical (unpaired) electrons. The number of anilines is 2. The predicted molar refractivity (Wildman–Crippen MR) is 113 cm³/mol. The van der Waals surface area contributed by atoms with Gasteiger partial charge < -0.3 is 20.9 Å². The molecule has 0 saturated carbocycles. The molecule has 2 aromatic carbocycles. The summed E-state index contributed by atoms with van der Waals surface area (Å²) in [5.74, 6) is -1.00. The maximum Gasteiger partial charge on any atom is 0.319 e. The van der Waals surface area contributed by atoms with Crippen molar-refractivity contribution in [1.82, 2.24) is 10.6 Å². The molecule has 1 saturated heterocycles. The van der Waals surface area contributed by atoms with E-state index in [9.17, 15) is 14.0 Å². The summed E-state index contributed by atoms with van der Waals surface area (Å²) in [5.41, 5.74) is 1.93. The highest BCUT2D eigenvalue weighted by Gasteiger charge is 2.11. The SMILES string of the molecule is O=C(NCCCNC(=O)c1ccccc1F)Nc1ccc(N2CCCCC2)cc1. The van der Waals surface area contributed by atoms with E-state index in [0.717, 1.165) is 18.8 Å². The Bertz CT molecular complexity index is 820. The number of carbonyl (C=O) groups is 2. The molecular formula is C22H27FN4O2. The minimum absolute atomic E-state index is 0.0196. The molecule has 29 heavy (non-hydrogen) atoms. The summed E-state index contributed by atoms with van der Waals surface area (Å²) in [6, 6.07) is 13.4. The molecule has 0 aromatic heterocycles. The molecule has 1 heterocycles. The monoisotopic (exact) mass is 398 g/mol. The fraction of sp³-hybridized carbons (Fsp3) is 0.364. The van der Waals surface area contributed by atoms with Crippen LogP contribution in [0.5, 0.6) is 0 Å².